The van der Waals surface area contributed by atoms with Gasteiger partial charge in [-0.3, -0.25) is 4.79 Å². The zero-order chi connectivity index (χ0) is 15.2. The number of carbonyl (C=O) groups excluding carboxylic acids is 1. The molecule has 0 bridgehead atoms. The second kappa shape index (κ2) is 6.79. The first kappa shape index (κ1) is 14.9. The van der Waals surface area contributed by atoms with E-state index in [1.807, 2.05) is 32.0 Å². The highest BCUT2D eigenvalue weighted by atomic mass is 19.1. The Balaban J connectivity index is 1.93. The lowest BCUT2D eigenvalue weighted by Crippen LogP contribution is -2.19. The predicted octanol–water partition coefficient (Wildman–Crippen LogP) is 3.14. The van der Waals surface area contributed by atoms with Crippen molar-refractivity contribution in [3.8, 4) is 0 Å². The molecule has 0 radical (unpaired) electrons. The lowest BCUT2D eigenvalue weighted by molar-refractivity contribution is -0.120. The highest BCUT2D eigenvalue weighted by Crippen LogP contribution is 2.08. The minimum absolute atomic E-state index is 0.171. The van der Waals surface area contributed by atoms with Gasteiger partial charge in [-0.25, -0.2) is 9.82 Å². The van der Waals surface area contributed by atoms with Crippen LogP contribution >= 0.6 is 0 Å². The second-order valence-corrected chi connectivity index (χ2v) is 4.96. The van der Waals surface area contributed by atoms with Gasteiger partial charge in [0.1, 0.15) is 5.82 Å². The first-order valence-corrected chi connectivity index (χ1v) is 6.68. The van der Waals surface area contributed by atoms with Gasteiger partial charge in [0.05, 0.1) is 12.6 Å². The minimum atomic E-state index is -0.313. The highest BCUT2D eigenvalue weighted by Gasteiger charge is 2.02. The number of aryl methyl sites for hydroxylation is 2. The summed E-state index contributed by atoms with van der Waals surface area (Å²) in [7, 11) is 0. The summed E-state index contributed by atoms with van der Waals surface area (Å²) in [6, 6.07) is 11.9. The molecule has 2 aromatic rings. The van der Waals surface area contributed by atoms with Crippen molar-refractivity contribution in [1.82, 2.24) is 5.43 Å². The van der Waals surface area contributed by atoms with E-state index in [4.69, 9.17) is 0 Å². The van der Waals surface area contributed by atoms with Crippen LogP contribution in [0.5, 0.6) is 0 Å². The Morgan fingerprint density at radius 2 is 1.90 bits per heavy atom. The van der Waals surface area contributed by atoms with Crippen molar-refractivity contribution >= 4 is 12.1 Å². The summed E-state index contributed by atoms with van der Waals surface area (Å²) < 4.78 is 12.8. The Bertz CT molecular complexity index is 663. The number of benzene rings is 2. The number of carbonyl (C=O) groups is 1. The Morgan fingerprint density at radius 3 is 2.62 bits per heavy atom. The third-order valence-electron chi connectivity index (χ3n) is 3.11. The van der Waals surface area contributed by atoms with Crippen molar-refractivity contribution in [2.24, 2.45) is 5.10 Å². The normalized spacial score (nSPS) is 10.8. The summed E-state index contributed by atoms with van der Waals surface area (Å²) >= 11 is 0. The zero-order valence-corrected chi connectivity index (χ0v) is 12.1. The molecule has 2 aromatic carbocycles. The van der Waals surface area contributed by atoms with Crippen LogP contribution in [0.25, 0.3) is 0 Å². The van der Waals surface area contributed by atoms with E-state index in [1.54, 1.807) is 18.3 Å². The molecular formula is C17H17FN2O. The van der Waals surface area contributed by atoms with Gasteiger partial charge in [-0.1, -0.05) is 35.9 Å². The molecule has 0 aliphatic heterocycles. The van der Waals surface area contributed by atoms with Gasteiger partial charge in [0.25, 0.3) is 0 Å². The van der Waals surface area contributed by atoms with Gasteiger partial charge in [0.15, 0.2) is 0 Å². The number of amides is 1. The number of hydrazone groups is 1. The summed E-state index contributed by atoms with van der Waals surface area (Å²) in [4.78, 5) is 11.7. The molecule has 0 atom stereocenters. The van der Waals surface area contributed by atoms with E-state index >= 15 is 0 Å². The van der Waals surface area contributed by atoms with E-state index < -0.39 is 0 Å². The Labute approximate surface area is 123 Å². The van der Waals surface area contributed by atoms with Crippen molar-refractivity contribution < 1.29 is 9.18 Å². The summed E-state index contributed by atoms with van der Waals surface area (Å²) in [6.07, 6.45) is 1.80. The van der Waals surface area contributed by atoms with E-state index in [0.717, 1.165) is 22.3 Å². The monoisotopic (exact) mass is 284 g/mol. The third-order valence-corrected chi connectivity index (χ3v) is 3.11. The molecule has 2 rings (SSSR count). The quantitative estimate of drug-likeness (QED) is 0.680. The fourth-order valence-electron chi connectivity index (χ4n) is 1.90. The summed E-state index contributed by atoms with van der Waals surface area (Å²) in [6.45, 7) is 3.99. The smallest absolute Gasteiger partial charge is 0.244 e. The van der Waals surface area contributed by atoms with Crippen molar-refractivity contribution in [2.75, 3.05) is 0 Å². The average molecular weight is 284 g/mol. The molecule has 0 aliphatic carbocycles. The van der Waals surface area contributed by atoms with Crippen molar-refractivity contribution in [2.45, 2.75) is 20.3 Å². The van der Waals surface area contributed by atoms with Gasteiger partial charge in [-0.05, 0) is 42.7 Å². The number of nitrogens with zero attached hydrogens (tertiary/aromatic N) is 1. The van der Waals surface area contributed by atoms with Crippen LogP contribution < -0.4 is 5.43 Å². The van der Waals surface area contributed by atoms with E-state index in [9.17, 15) is 9.18 Å². The highest BCUT2D eigenvalue weighted by molar-refractivity contribution is 5.84. The number of halogens is 1. The molecule has 21 heavy (non-hydrogen) atoms. The molecule has 0 heterocycles. The fourth-order valence-corrected chi connectivity index (χ4v) is 1.90. The maximum absolute atomic E-state index is 12.8. The van der Waals surface area contributed by atoms with Gasteiger partial charge >= 0.3 is 0 Å². The Hall–Kier alpha value is -2.49. The van der Waals surface area contributed by atoms with E-state index in [1.165, 1.54) is 12.1 Å². The molecule has 1 N–H and O–H groups in total. The molecule has 1 amide bonds. The Morgan fingerprint density at radius 1 is 1.19 bits per heavy atom. The molecule has 0 unspecified atom stereocenters. The first-order valence-electron chi connectivity index (χ1n) is 6.68. The average Bonchev–Trinajstić information content (AvgIpc) is 2.45. The van der Waals surface area contributed by atoms with Crippen molar-refractivity contribution in [3.63, 3.8) is 0 Å². The fraction of sp³-hybridized carbons (Fsp3) is 0.176. The van der Waals surface area contributed by atoms with Crippen LogP contribution in [-0.4, -0.2) is 12.1 Å². The summed E-state index contributed by atoms with van der Waals surface area (Å²) in [5.74, 6) is -0.546. The molecule has 0 fully saturated rings. The van der Waals surface area contributed by atoms with Crippen LogP contribution in [0.15, 0.2) is 47.6 Å². The van der Waals surface area contributed by atoms with Crippen LogP contribution in [0.2, 0.25) is 0 Å². The Kier molecular flexibility index (Phi) is 4.82. The molecule has 0 spiro atoms. The zero-order valence-electron chi connectivity index (χ0n) is 12.1. The van der Waals surface area contributed by atoms with Gasteiger partial charge in [0.2, 0.25) is 5.91 Å². The van der Waals surface area contributed by atoms with E-state index in [2.05, 4.69) is 10.5 Å². The third kappa shape index (κ3) is 4.53. The van der Waals surface area contributed by atoms with Gasteiger partial charge < -0.3 is 0 Å². The van der Waals surface area contributed by atoms with E-state index in [0.29, 0.717) is 0 Å². The molecule has 0 aromatic heterocycles. The number of nitrogens with one attached hydrogen (secondary N) is 1. The van der Waals surface area contributed by atoms with Gasteiger partial charge in [0, 0.05) is 0 Å². The van der Waals surface area contributed by atoms with Gasteiger partial charge in [-0.15, -0.1) is 0 Å². The summed E-state index contributed by atoms with van der Waals surface area (Å²) in [5, 5.41) is 3.96. The van der Waals surface area contributed by atoms with Crippen LogP contribution in [0.1, 0.15) is 22.3 Å². The molecule has 3 nitrogen and oxygen atoms in total. The van der Waals surface area contributed by atoms with Crippen LogP contribution in [0, 0.1) is 19.7 Å². The SMILES string of the molecule is Cc1ccc(C)c(/C=N/NC(=O)Cc2ccc(F)cc2)c1. The molecule has 0 saturated heterocycles. The van der Waals surface area contributed by atoms with Gasteiger partial charge in [-0.2, -0.15) is 5.10 Å². The predicted molar refractivity (Wildman–Crippen MR) is 81.8 cm³/mol. The van der Waals surface area contributed by atoms with Crippen molar-refractivity contribution in [3.05, 3.63) is 70.5 Å². The molecule has 0 saturated carbocycles. The lowest BCUT2D eigenvalue weighted by atomic mass is 10.1. The first-order chi connectivity index (χ1) is 10.0. The maximum Gasteiger partial charge on any atom is 0.244 e. The minimum Gasteiger partial charge on any atom is -0.273 e. The number of hydrogen-bond acceptors (Lipinski definition) is 2. The van der Waals surface area contributed by atoms with Crippen molar-refractivity contribution in [1.29, 1.82) is 0 Å². The molecule has 0 aliphatic rings. The molecular weight excluding hydrogens is 267 g/mol. The number of rotatable bonds is 4. The summed E-state index contributed by atoms with van der Waals surface area (Å²) in [5.41, 5.74) is 6.43. The molecule has 108 valence electrons. The lowest BCUT2D eigenvalue weighted by Gasteiger charge is -2.02. The molecule has 4 heteroatoms. The van der Waals surface area contributed by atoms with Crippen LogP contribution in [0.4, 0.5) is 4.39 Å². The second-order valence-electron chi connectivity index (χ2n) is 4.96. The van der Waals surface area contributed by atoms with Crippen LogP contribution in [0.3, 0.4) is 0 Å². The standard InChI is InChI=1S/C17H17FN2O/c1-12-3-4-13(2)15(9-12)11-19-20-17(21)10-14-5-7-16(18)8-6-14/h3-9,11H,10H2,1-2H3,(H,20,21)/b19-11+. The van der Waals surface area contributed by atoms with Crippen LogP contribution in [-0.2, 0) is 11.2 Å². The van der Waals surface area contributed by atoms with E-state index in [-0.39, 0.29) is 18.1 Å². The topological polar surface area (TPSA) is 41.5 Å². The number of hydrogen-bond donors (Lipinski definition) is 1. The maximum atomic E-state index is 12.8. The largest absolute Gasteiger partial charge is 0.273 e.